The van der Waals surface area contributed by atoms with Crippen molar-refractivity contribution in [3.05, 3.63) is 23.5 Å². The van der Waals surface area contributed by atoms with E-state index in [0.717, 1.165) is 0 Å². The normalized spacial score (nSPS) is 12.4. The second kappa shape index (κ2) is 8.81. The summed E-state index contributed by atoms with van der Waals surface area (Å²) in [5.74, 6) is -1.98. The van der Waals surface area contributed by atoms with E-state index in [0.29, 0.717) is 28.7 Å². The van der Waals surface area contributed by atoms with Crippen molar-refractivity contribution >= 4 is 28.8 Å². The van der Waals surface area contributed by atoms with Gasteiger partial charge in [-0.15, -0.1) is 0 Å². The second-order valence-electron chi connectivity index (χ2n) is 7.50. The number of nitrogens with zero attached hydrogens (tertiary/aromatic N) is 3. The minimum atomic E-state index is -1.10. The Labute approximate surface area is 163 Å². The van der Waals surface area contributed by atoms with E-state index in [2.05, 4.69) is 20.7 Å². The van der Waals surface area contributed by atoms with Gasteiger partial charge in [-0.05, 0) is 39.2 Å². The summed E-state index contributed by atoms with van der Waals surface area (Å²) >= 11 is 0. The lowest BCUT2D eigenvalue weighted by atomic mass is 10.0. The third-order valence-electron chi connectivity index (χ3n) is 4.18. The number of pyridine rings is 1. The summed E-state index contributed by atoms with van der Waals surface area (Å²) in [6.07, 6.45) is 1.90. The van der Waals surface area contributed by atoms with E-state index in [1.54, 1.807) is 23.9 Å². The summed E-state index contributed by atoms with van der Waals surface area (Å²) in [7, 11) is 0. The first kappa shape index (κ1) is 21.3. The minimum absolute atomic E-state index is 0.0856. The summed E-state index contributed by atoms with van der Waals surface area (Å²) in [5, 5.41) is 19.1. The molecule has 2 amide bonds. The first-order valence-corrected chi connectivity index (χ1v) is 9.25. The van der Waals surface area contributed by atoms with Crippen molar-refractivity contribution in [2.75, 3.05) is 6.54 Å². The van der Waals surface area contributed by atoms with Crippen molar-refractivity contribution in [1.82, 2.24) is 25.4 Å². The van der Waals surface area contributed by atoms with Crippen molar-refractivity contribution in [2.24, 2.45) is 5.92 Å². The number of carboxylic acid groups (broad SMARTS) is 1. The smallest absolute Gasteiger partial charge is 0.326 e. The quantitative estimate of drug-likeness (QED) is 0.630. The van der Waals surface area contributed by atoms with Crippen LogP contribution < -0.4 is 10.6 Å². The Hall–Kier alpha value is -2.97. The molecule has 0 aliphatic rings. The van der Waals surface area contributed by atoms with Gasteiger partial charge in [0.15, 0.2) is 5.65 Å². The number of fused-ring (bicyclic) bond motifs is 1. The van der Waals surface area contributed by atoms with Crippen molar-refractivity contribution in [3.8, 4) is 0 Å². The predicted molar refractivity (Wildman–Crippen MR) is 104 cm³/mol. The highest BCUT2D eigenvalue weighted by molar-refractivity contribution is 6.06. The van der Waals surface area contributed by atoms with E-state index < -0.39 is 23.8 Å². The molecule has 0 fully saturated rings. The predicted octanol–water partition coefficient (Wildman–Crippen LogP) is 1.67. The molecule has 0 aliphatic carbocycles. The highest BCUT2D eigenvalue weighted by Gasteiger charge is 2.22. The Morgan fingerprint density at radius 1 is 1.21 bits per heavy atom. The number of hydrogen-bond acceptors (Lipinski definition) is 5. The Balaban J connectivity index is 2.11. The molecule has 0 aromatic carbocycles. The second-order valence-corrected chi connectivity index (χ2v) is 7.50. The molecule has 152 valence electrons. The molecule has 0 spiro atoms. The third kappa shape index (κ3) is 5.05. The highest BCUT2D eigenvalue weighted by atomic mass is 16.4. The first-order valence-electron chi connectivity index (χ1n) is 9.25. The third-order valence-corrected chi connectivity index (χ3v) is 4.18. The number of hydrogen-bond donors (Lipinski definition) is 3. The van der Waals surface area contributed by atoms with Crippen LogP contribution in [-0.2, 0) is 9.59 Å². The molecule has 0 unspecified atom stereocenters. The Kier molecular flexibility index (Phi) is 6.71. The first-order chi connectivity index (χ1) is 13.1. The van der Waals surface area contributed by atoms with Gasteiger partial charge in [-0.1, -0.05) is 13.8 Å². The van der Waals surface area contributed by atoms with Gasteiger partial charge >= 0.3 is 5.97 Å². The van der Waals surface area contributed by atoms with Crippen LogP contribution in [0, 0.1) is 12.8 Å². The maximum Gasteiger partial charge on any atom is 0.326 e. The van der Waals surface area contributed by atoms with Crippen molar-refractivity contribution < 1.29 is 19.5 Å². The Morgan fingerprint density at radius 2 is 1.89 bits per heavy atom. The van der Waals surface area contributed by atoms with Crippen molar-refractivity contribution in [2.45, 2.75) is 53.1 Å². The summed E-state index contributed by atoms with van der Waals surface area (Å²) in [4.78, 5) is 40.4. The number of amides is 2. The number of rotatable bonds is 8. The average Bonchev–Trinajstić information content (AvgIpc) is 3.01. The van der Waals surface area contributed by atoms with Gasteiger partial charge in [0.25, 0.3) is 5.91 Å². The molecule has 2 heterocycles. The molecule has 2 aromatic heterocycles. The Morgan fingerprint density at radius 3 is 2.46 bits per heavy atom. The van der Waals surface area contributed by atoms with Crippen LogP contribution in [0.4, 0.5) is 0 Å². The van der Waals surface area contributed by atoms with Crippen molar-refractivity contribution in [3.63, 3.8) is 0 Å². The lowest BCUT2D eigenvalue weighted by Crippen LogP contribution is -2.46. The number of carboxylic acids is 1. The fraction of sp³-hybridized carbons (Fsp3) is 0.526. The van der Waals surface area contributed by atoms with Crippen LogP contribution in [0.3, 0.4) is 0 Å². The molecule has 9 heteroatoms. The molecule has 0 aliphatic heterocycles. The average molecular weight is 389 g/mol. The Bertz CT molecular complexity index is 888. The largest absolute Gasteiger partial charge is 0.480 e. The van der Waals surface area contributed by atoms with E-state index in [4.69, 9.17) is 0 Å². The monoisotopic (exact) mass is 389 g/mol. The van der Waals surface area contributed by atoms with E-state index >= 15 is 0 Å². The van der Waals surface area contributed by atoms with E-state index in [9.17, 15) is 19.5 Å². The van der Waals surface area contributed by atoms with Crippen LogP contribution in [0.2, 0.25) is 0 Å². The van der Waals surface area contributed by atoms with Gasteiger partial charge in [0.1, 0.15) is 6.04 Å². The zero-order chi connectivity index (χ0) is 21.0. The number of aryl methyl sites for hydroxylation is 1. The molecule has 9 nitrogen and oxygen atoms in total. The van der Waals surface area contributed by atoms with Crippen LogP contribution in [-0.4, -0.2) is 50.2 Å². The molecule has 2 aromatic rings. The molecule has 0 radical (unpaired) electrons. The van der Waals surface area contributed by atoms with Gasteiger partial charge in [0.05, 0.1) is 23.7 Å². The van der Waals surface area contributed by atoms with Gasteiger partial charge in [-0.25, -0.2) is 14.5 Å². The van der Waals surface area contributed by atoms with Gasteiger partial charge in [-0.3, -0.25) is 9.59 Å². The zero-order valence-corrected chi connectivity index (χ0v) is 16.8. The summed E-state index contributed by atoms with van der Waals surface area (Å²) in [5.41, 5.74) is 1.64. The van der Waals surface area contributed by atoms with Gasteiger partial charge in [0, 0.05) is 11.7 Å². The summed E-state index contributed by atoms with van der Waals surface area (Å²) in [6, 6.07) is 0.742. The van der Waals surface area contributed by atoms with Crippen LogP contribution in [0.25, 0.3) is 11.0 Å². The van der Waals surface area contributed by atoms with Crippen LogP contribution in [0.1, 0.15) is 56.2 Å². The maximum absolute atomic E-state index is 12.6. The van der Waals surface area contributed by atoms with Crippen LogP contribution in [0.15, 0.2) is 12.3 Å². The molecule has 0 bridgehead atoms. The minimum Gasteiger partial charge on any atom is -0.480 e. The lowest BCUT2D eigenvalue weighted by molar-refractivity contribution is -0.142. The van der Waals surface area contributed by atoms with Gasteiger partial charge < -0.3 is 15.7 Å². The van der Waals surface area contributed by atoms with Crippen molar-refractivity contribution in [1.29, 1.82) is 0 Å². The fourth-order valence-corrected chi connectivity index (χ4v) is 2.90. The number of aliphatic carboxylic acids is 1. The topological polar surface area (TPSA) is 126 Å². The van der Waals surface area contributed by atoms with Crippen LogP contribution >= 0.6 is 0 Å². The number of nitrogens with one attached hydrogen (secondary N) is 2. The zero-order valence-electron chi connectivity index (χ0n) is 16.8. The standard InChI is InChI=1S/C19H27N5O4/c1-10(2)6-15(19(27)28)23-16(25)9-20-18(26)13-7-12(5)22-17-14(13)8-21-24(17)11(3)4/h7-8,10-11,15H,6,9H2,1-5H3,(H,20,26)(H,23,25)(H,27,28)/t15-/m0/s1. The molecule has 0 saturated carbocycles. The number of carbonyl (C=O) groups is 3. The summed E-state index contributed by atoms with van der Waals surface area (Å²) < 4.78 is 1.73. The number of aromatic nitrogens is 3. The number of carbonyl (C=O) groups excluding carboxylic acids is 2. The SMILES string of the molecule is Cc1cc(C(=O)NCC(=O)N[C@@H](CC(C)C)C(=O)O)c2cnn(C(C)C)c2n1. The maximum atomic E-state index is 12.6. The molecule has 28 heavy (non-hydrogen) atoms. The molecule has 3 N–H and O–H groups in total. The highest BCUT2D eigenvalue weighted by Crippen LogP contribution is 2.20. The van der Waals surface area contributed by atoms with Crippen LogP contribution in [0.5, 0.6) is 0 Å². The lowest BCUT2D eigenvalue weighted by Gasteiger charge is -2.16. The summed E-state index contributed by atoms with van der Waals surface area (Å²) in [6.45, 7) is 9.15. The molecular weight excluding hydrogens is 362 g/mol. The molecular formula is C19H27N5O4. The van der Waals surface area contributed by atoms with Gasteiger partial charge in [-0.2, -0.15) is 5.10 Å². The van der Waals surface area contributed by atoms with E-state index in [1.165, 1.54) is 0 Å². The van der Waals surface area contributed by atoms with E-state index in [1.807, 2.05) is 27.7 Å². The van der Waals surface area contributed by atoms with E-state index in [-0.39, 0.29) is 18.5 Å². The fourth-order valence-electron chi connectivity index (χ4n) is 2.90. The molecule has 2 rings (SSSR count). The van der Waals surface area contributed by atoms with Gasteiger partial charge in [0.2, 0.25) is 5.91 Å². The molecule has 1 atom stereocenters. The molecule has 0 saturated heterocycles.